The molecular weight excluding hydrogens is 188 g/mol. The maximum atomic E-state index is 5.38. The quantitative estimate of drug-likeness (QED) is 0.564. The lowest BCUT2D eigenvalue weighted by molar-refractivity contribution is -0.0219. The summed E-state index contributed by atoms with van der Waals surface area (Å²) in [6.45, 7) is 11.1. The van der Waals surface area contributed by atoms with Gasteiger partial charge >= 0.3 is 9.05 Å². The first-order chi connectivity index (χ1) is 6.24. The Morgan fingerprint density at radius 1 is 0.846 bits per heavy atom. The van der Waals surface area contributed by atoms with Crippen LogP contribution in [-0.2, 0) is 17.7 Å². The highest BCUT2D eigenvalue weighted by atomic mass is 28.4. The summed E-state index contributed by atoms with van der Waals surface area (Å²) in [6.07, 6.45) is 0. The van der Waals surface area contributed by atoms with Gasteiger partial charge in [0, 0.05) is 26.4 Å². The SMILES string of the molecule is [CH2]CO[Si](OCC)(OCC)OCC. The monoisotopic (exact) mass is 207 g/mol. The summed E-state index contributed by atoms with van der Waals surface area (Å²) in [7, 11) is -2.86. The Morgan fingerprint density at radius 2 is 1.23 bits per heavy atom. The van der Waals surface area contributed by atoms with Gasteiger partial charge in [-0.2, -0.15) is 0 Å². The van der Waals surface area contributed by atoms with Crippen molar-refractivity contribution in [3.63, 3.8) is 0 Å². The fourth-order valence-corrected chi connectivity index (χ4v) is 2.72. The average Bonchev–Trinajstić information content (AvgIpc) is 2.06. The standard InChI is InChI=1S/C8H19O4Si/c1-5-9-13(10-6-2,11-7-3)12-8-4/h1,5-8H2,2-4H3. The molecule has 4 nitrogen and oxygen atoms in total. The van der Waals surface area contributed by atoms with Gasteiger partial charge in [0.05, 0.1) is 0 Å². The third kappa shape index (κ3) is 4.73. The van der Waals surface area contributed by atoms with Crippen molar-refractivity contribution < 1.29 is 17.7 Å². The van der Waals surface area contributed by atoms with Gasteiger partial charge in [-0.15, -0.1) is 0 Å². The van der Waals surface area contributed by atoms with Crippen LogP contribution in [-0.4, -0.2) is 35.5 Å². The lowest BCUT2D eigenvalue weighted by Gasteiger charge is -2.25. The van der Waals surface area contributed by atoms with E-state index in [1.807, 2.05) is 20.8 Å². The molecule has 79 valence electrons. The molecule has 0 saturated carbocycles. The van der Waals surface area contributed by atoms with Crippen molar-refractivity contribution in [3.8, 4) is 0 Å². The molecule has 0 fully saturated rings. The predicted octanol–water partition coefficient (Wildman–Crippen LogP) is 1.38. The summed E-state index contributed by atoms with van der Waals surface area (Å²) < 4.78 is 21.5. The molecule has 0 atom stereocenters. The van der Waals surface area contributed by atoms with Gasteiger partial charge in [0.1, 0.15) is 0 Å². The van der Waals surface area contributed by atoms with Crippen molar-refractivity contribution in [1.29, 1.82) is 0 Å². The first kappa shape index (κ1) is 13.1. The van der Waals surface area contributed by atoms with E-state index in [2.05, 4.69) is 6.92 Å². The zero-order valence-electron chi connectivity index (χ0n) is 8.67. The van der Waals surface area contributed by atoms with Gasteiger partial charge in [0.25, 0.3) is 0 Å². The summed E-state index contributed by atoms with van der Waals surface area (Å²) in [5.74, 6) is 0. The van der Waals surface area contributed by atoms with Crippen LogP contribution in [0, 0.1) is 6.92 Å². The normalized spacial score (nSPS) is 12.0. The molecular formula is C8H19O4Si. The third-order valence-corrected chi connectivity index (χ3v) is 3.73. The summed E-state index contributed by atoms with van der Waals surface area (Å²) in [6, 6.07) is 0. The van der Waals surface area contributed by atoms with E-state index in [-0.39, 0.29) is 0 Å². The van der Waals surface area contributed by atoms with E-state index >= 15 is 0 Å². The molecule has 13 heavy (non-hydrogen) atoms. The Hall–Kier alpha value is 0.0569. The molecule has 0 aromatic rings. The lowest BCUT2D eigenvalue weighted by Crippen LogP contribution is -2.49. The Bertz CT molecular complexity index is 91.2. The lowest BCUT2D eigenvalue weighted by atomic mass is 10.9. The molecule has 0 N–H and O–H groups in total. The van der Waals surface area contributed by atoms with Crippen LogP contribution in [0.15, 0.2) is 0 Å². The van der Waals surface area contributed by atoms with Gasteiger partial charge in [0.2, 0.25) is 0 Å². The highest BCUT2D eigenvalue weighted by molar-refractivity contribution is 6.53. The van der Waals surface area contributed by atoms with Crippen LogP contribution < -0.4 is 0 Å². The fourth-order valence-electron chi connectivity index (χ4n) is 0.905. The van der Waals surface area contributed by atoms with Gasteiger partial charge in [0.15, 0.2) is 0 Å². The Balaban J connectivity index is 4.19. The van der Waals surface area contributed by atoms with Crippen LogP contribution in [0.2, 0.25) is 0 Å². The zero-order valence-corrected chi connectivity index (χ0v) is 9.67. The van der Waals surface area contributed by atoms with Gasteiger partial charge < -0.3 is 17.7 Å². The molecule has 0 aliphatic heterocycles. The fraction of sp³-hybridized carbons (Fsp3) is 0.875. The van der Waals surface area contributed by atoms with Crippen LogP contribution in [0.25, 0.3) is 0 Å². The number of rotatable bonds is 8. The Kier molecular flexibility index (Phi) is 7.49. The molecule has 0 aliphatic carbocycles. The first-order valence-electron chi connectivity index (χ1n) is 4.59. The first-order valence-corrected chi connectivity index (χ1v) is 6.23. The van der Waals surface area contributed by atoms with Crippen LogP contribution in [0.3, 0.4) is 0 Å². The molecule has 0 aromatic heterocycles. The van der Waals surface area contributed by atoms with E-state index in [4.69, 9.17) is 17.7 Å². The maximum absolute atomic E-state index is 5.38. The van der Waals surface area contributed by atoms with Crippen molar-refractivity contribution in [3.05, 3.63) is 6.92 Å². The summed E-state index contributed by atoms with van der Waals surface area (Å²) in [5, 5.41) is 0. The molecule has 0 aliphatic rings. The van der Waals surface area contributed by atoms with E-state index in [0.717, 1.165) is 0 Å². The van der Waals surface area contributed by atoms with Gasteiger partial charge in [-0.1, -0.05) is 0 Å². The average molecular weight is 207 g/mol. The second-order valence-corrected chi connectivity index (χ2v) is 4.30. The van der Waals surface area contributed by atoms with E-state index in [9.17, 15) is 0 Å². The summed E-state index contributed by atoms with van der Waals surface area (Å²) >= 11 is 0. The van der Waals surface area contributed by atoms with Gasteiger partial charge in [-0.3, -0.25) is 0 Å². The smallest absolute Gasteiger partial charge is 0.351 e. The minimum atomic E-state index is -2.86. The molecule has 0 spiro atoms. The van der Waals surface area contributed by atoms with E-state index < -0.39 is 9.05 Å². The molecule has 0 unspecified atom stereocenters. The van der Waals surface area contributed by atoms with Gasteiger partial charge in [-0.05, 0) is 27.7 Å². The minimum absolute atomic E-state index is 0.298. The molecule has 0 heterocycles. The molecule has 0 bridgehead atoms. The molecule has 1 radical (unpaired) electrons. The van der Waals surface area contributed by atoms with Crippen LogP contribution in [0.5, 0.6) is 0 Å². The second-order valence-electron chi connectivity index (χ2n) is 2.15. The largest absolute Gasteiger partial charge is 0.679 e. The predicted molar refractivity (Wildman–Crippen MR) is 51.9 cm³/mol. The number of hydrogen-bond acceptors (Lipinski definition) is 4. The second kappa shape index (κ2) is 7.46. The van der Waals surface area contributed by atoms with E-state index in [0.29, 0.717) is 26.4 Å². The molecule has 0 saturated heterocycles. The Labute approximate surface area is 81.6 Å². The maximum Gasteiger partial charge on any atom is 0.679 e. The van der Waals surface area contributed by atoms with Crippen molar-refractivity contribution in [2.24, 2.45) is 0 Å². The third-order valence-electron chi connectivity index (χ3n) is 1.24. The van der Waals surface area contributed by atoms with Crippen molar-refractivity contribution in [2.75, 3.05) is 26.4 Å². The van der Waals surface area contributed by atoms with Crippen LogP contribution in [0.1, 0.15) is 20.8 Å². The van der Waals surface area contributed by atoms with Crippen LogP contribution >= 0.6 is 0 Å². The zero-order chi connectivity index (χ0) is 10.2. The molecule has 0 aromatic carbocycles. The highest BCUT2D eigenvalue weighted by Crippen LogP contribution is 2.11. The molecule has 0 rings (SSSR count). The molecule has 5 heteroatoms. The summed E-state index contributed by atoms with van der Waals surface area (Å²) in [4.78, 5) is 0. The van der Waals surface area contributed by atoms with E-state index in [1.165, 1.54) is 0 Å². The number of hydrogen-bond donors (Lipinski definition) is 0. The van der Waals surface area contributed by atoms with Crippen molar-refractivity contribution >= 4 is 9.05 Å². The molecule has 0 amide bonds. The van der Waals surface area contributed by atoms with Gasteiger partial charge in [-0.25, -0.2) is 0 Å². The topological polar surface area (TPSA) is 36.9 Å². The summed E-state index contributed by atoms with van der Waals surface area (Å²) in [5.41, 5.74) is 0. The Morgan fingerprint density at radius 3 is 1.46 bits per heavy atom. The van der Waals surface area contributed by atoms with Crippen LogP contribution in [0.4, 0.5) is 0 Å². The van der Waals surface area contributed by atoms with Crippen molar-refractivity contribution in [1.82, 2.24) is 0 Å². The highest BCUT2D eigenvalue weighted by Gasteiger charge is 2.44. The van der Waals surface area contributed by atoms with E-state index in [1.54, 1.807) is 0 Å². The minimum Gasteiger partial charge on any atom is -0.351 e. The van der Waals surface area contributed by atoms with Crippen molar-refractivity contribution in [2.45, 2.75) is 20.8 Å².